The van der Waals surface area contributed by atoms with Gasteiger partial charge in [0.05, 0.1) is 47.8 Å². The van der Waals surface area contributed by atoms with Crippen LogP contribution in [0.25, 0.3) is 10.2 Å². The van der Waals surface area contributed by atoms with Gasteiger partial charge in [0.2, 0.25) is 0 Å². The number of ether oxygens (including phenoxy) is 2. The summed E-state index contributed by atoms with van der Waals surface area (Å²) in [7, 11) is 2.88. The van der Waals surface area contributed by atoms with Gasteiger partial charge in [0.15, 0.2) is 5.13 Å². The fraction of sp³-hybridized carbons (Fsp3) is 0.130. The van der Waals surface area contributed by atoms with Gasteiger partial charge in [0.1, 0.15) is 5.75 Å². The average molecular weight is 433 g/mol. The zero-order valence-corrected chi connectivity index (χ0v) is 17.8. The van der Waals surface area contributed by atoms with Gasteiger partial charge in [-0.05, 0) is 36.4 Å². The van der Waals surface area contributed by atoms with Gasteiger partial charge < -0.3 is 9.47 Å². The van der Waals surface area contributed by atoms with E-state index in [4.69, 9.17) is 9.47 Å². The Morgan fingerprint density at radius 2 is 1.77 bits per heavy atom. The molecule has 2 heterocycles. The fourth-order valence-electron chi connectivity index (χ4n) is 3.12. The number of aromatic nitrogens is 2. The summed E-state index contributed by atoms with van der Waals surface area (Å²) in [6, 6.07) is 17.7. The molecule has 0 aliphatic heterocycles. The van der Waals surface area contributed by atoms with Crippen molar-refractivity contribution in [2.75, 3.05) is 19.1 Å². The first kappa shape index (κ1) is 20.5. The lowest BCUT2D eigenvalue weighted by atomic mass is 10.1. The van der Waals surface area contributed by atoms with Crippen LogP contribution in [0.1, 0.15) is 26.4 Å². The number of pyridine rings is 1. The summed E-state index contributed by atoms with van der Waals surface area (Å²) in [6.45, 7) is 0.201. The third-order valence-corrected chi connectivity index (χ3v) is 5.73. The molecule has 1 amide bonds. The first-order valence-electron chi connectivity index (χ1n) is 9.44. The largest absolute Gasteiger partial charge is 0.497 e. The van der Waals surface area contributed by atoms with Gasteiger partial charge in [-0.2, -0.15) is 0 Å². The maximum absolute atomic E-state index is 13.6. The van der Waals surface area contributed by atoms with Crippen LogP contribution in [-0.4, -0.2) is 36.1 Å². The molecule has 8 heteroatoms. The number of esters is 1. The molecule has 7 nitrogen and oxygen atoms in total. The van der Waals surface area contributed by atoms with E-state index in [1.54, 1.807) is 37.6 Å². The Balaban J connectivity index is 1.80. The first-order chi connectivity index (χ1) is 15.1. The summed E-state index contributed by atoms with van der Waals surface area (Å²) >= 11 is 1.38. The Kier molecular flexibility index (Phi) is 5.90. The van der Waals surface area contributed by atoms with E-state index in [2.05, 4.69) is 9.97 Å². The van der Waals surface area contributed by atoms with Crippen molar-refractivity contribution in [3.05, 3.63) is 83.7 Å². The average Bonchev–Trinajstić information content (AvgIpc) is 3.25. The molecule has 2 aromatic carbocycles. The molecule has 4 rings (SSSR count). The van der Waals surface area contributed by atoms with Crippen LogP contribution in [0.3, 0.4) is 0 Å². The van der Waals surface area contributed by atoms with Gasteiger partial charge in [0, 0.05) is 12.3 Å². The predicted octanol–water partition coefficient (Wildman–Crippen LogP) is 4.33. The van der Waals surface area contributed by atoms with Crippen LogP contribution >= 0.6 is 11.3 Å². The third-order valence-electron chi connectivity index (χ3n) is 4.67. The third kappa shape index (κ3) is 4.24. The van der Waals surface area contributed by atoms with Gasteiger partial charge in [-0.25, -0.2) is 9.78 Å². The zero-order chi connectivity index (χ0) is 21.8. The fourth-order valence-corrected chi connectivity index (χ4v) is 4.06. The number of methoxy groups -OCH3 is 2. The summed E-state index contributed by atoms with van der Waals surface area (Å²) < 4.78 is 11.0. The normalized spacial score (nSPS) is 10.6. The number of anilines is 1. The Labute approximate surface area is 182 Å². The number of nitrogens with zero attached hydrogens (tertiary/aromatic N) is 3. The van der Waals surface area contributed by atoms with Gasteiger partial charge in [-0.15, -0.1) is 0 Å². The molecule has 0 bridgehead atoms. The Morgan fingerprint density at radius 3 is 2.48 bits per heavy atom. The van der Waals surface area contributed by atoms with Crippen molar-refractivity contribution in [3.8, 4) is 5.75 Å². The Hall–Kier alpha value is -3.78. The van der Waals surface area contributed by atoms with Gasteiger partial charge >= 0.3 is 5.97 Å². The second-order valence-electron chi connectivity index (χ2n) is 6.58. The second-order valence-corrected chi connectivity index (χ2v) is 7.59. The molecular formula is C23H19N3O4S. The van der Waals surface area contributed by atoms with Crippen LogP contribution < -0.4 is 9.64 Å². The molecule has 0 saturated heterocycles. The van der Waals surface area contributed by atoms with Crippen molar-refractivity contribution in [1.82, 2.24) is 9.97 Å². The predicted molar refractivity (Wildman–Crippen MR) is 119 cm³/mol. The van der Waals surface area contributed by atoms with E-state index in [9.17, 15) is 9.59 Å². The molecule has 2 aromatic heterocycles. The summed E-state index contributed by atoms with van der Waals surface area (Å²) in [5, 5.41) is 0.499. The summed E-state index contributed by atoms with van der Waals surface area (Å²) in [5.41, 5.74) is 1.86. The molecule has 0 spiro atoms. The number of hydrogen-bond donors (Lipinski definition) is 0. The van der Waals surface area contributed by atoms with E-state index < -0.39 is 5.97 Å². The Morgan fingerprint density at radius 1 is 1.00 bits per heavy atom. The van der Waals surface area contributed by atoms with E-state index >= 15 is 0 Å². The number of rotatable bonds is 6. The lowest BCUT2D eigenvalue weighted by Crippen LogP contribution is -2.32. The highest BCUT2D eigenvalue weighted by atomic mass is 32.1. The van der Waals surface area contributed by atoms with E-state index in [-0.39, 0.29) is 23.6 Å². The van der Waals surface area contributed by atoms with Crippen LogP contribution in [0.2, 0.25) is 0 Å². The van der Waals surface area contributed by atoms with E-state index in [0.29, 0.717) is 16.6 Å². The standard InChI is InChI=1S/C23H19N3O4S/c1-29-16-10-11-20-19(13-16)25-23(31-20)26(14-15-7-5-6-12-24-15)21(27)17-8-3-4-9-18(17)22(28)30-2/h3-13H,14H2,1-2H3. The minimum atomic E-state index is -0.573. The molecule has 0 aliphatic rings. The van der Waals surface area contributed by atoms with Gasteiger partial charge in [0.25, 0.3) is 5.91 Å². The van der Waals surface area contributed by atoms with Crippen molar-refractivity contribution in [1.29, 1.82) is 0 Å². The molecule has 4 aromatic rings. The van der Waals surface area contributed by atoms with Gasteiger partial charge in [-0.1, -0.05) is 29.5 Å². The molecule has 0 fully saturated rings. The molecule has 0 saturated carbocycles. The van der Waals surface area contributed by atoms with Crippen molar-refractivity contribution in [2.24, 2.45) is 0 Å². The van der Waals surface area contributed by atoms with Crippen LogP contribution in [-0.2, 0) is 11.3 Å². The van der Waals surface area contributed by atoms with E-state index in [0.717, 1.165) is 10.2 Å². The van der Waals surface area contributed by atoms with Gasteiger partial charge in [-0.3, -0.25) is 14.7 Å². The monoisotopic (exact) mass is 433 g/mol. The van der Waals surface area contributed by atoms with Crippen molar-refractivity contribution >= 4 is 38.6 Å². The molecule has 156 valence electrons. The summed E-state index contributed by atoms with van der Waals surface area (Å²) in [4.78, 5) is 36.4. The molecule has 0 unspecified atom stereocenters. The van der Waals surface area contributed by atoms with E-state index in [1.807, 2.05) is 36.4 Å². The quantitative estimate of drug-likeness (QED) is 0.421. The zero-order valence-electron chi connectivity index (χ0n) is 16.9. The highest BCUT2D eigenvalue weighted by molar-refractivity contribution is 7.22. The number of benzene rings is 2. The summed E-state index contributed by atoms with van der Waals surface area (Å²) in [6.07, 6.45) is 1.67. The number of carbonyl (C=O) groups is 2. The number of thiazole rings is 1. The second kappa shape index (κ2) is 8.93. The molecule has 0 atom stereocenters. The van der Waals surface area contributed by atoms with Crippen LogP contribution in [0, 0.1) is 0 Å². The Bertz CT molecular complexity index is 1240. The molecule has 31 heavy (non-hydrogen) atoms. The van der Waals surface area contributed by atoms with Crippen LogP contribution in [0.15, 0.2) is 66.9 Å². The SMILES string of the molecule is COC(=O)c1ccccc1C(=O)N(Cc1ccccn1)c1nc2cc(OC)ccc2s1. The molecule has 0 aliphatic carbocycles. The number of fused-ring (bicyclic) bond motifs is 1. The lowest BCUT2D eigenvalue weighted by molar-refractivity contribution is 0.0597. The highest BCUT2D eigenvalue weighted by Gasteiger charge is 2.26. The number of carbonyl (C=O) groups excluding carboxylic acids is 2. The van der Waals surface area contributed by atoms with Crippen molar-refractivity contribution in [3.63, 3.8) is 0 Å². The molecular weight excluding hydrogens is 414 g/mol. The maximum Gasteiger partial charge on any atom is 0.338 e. The maximum atomic E-state index is 13.6. The van der Waals surface area contributed by atoms with Crippen LogP contribution in [0.4, 0.5) is 5.13 Å². The molecule has 0 radical (unpaired) electrons. The van der Waals surface area contributed by atoms with Crippen molar-refractivity contribution < 1.29 is 19.1 Å². The molecule has 0 N–H and O–H groups in total. The summed E-state index contributed by atoms with van der Waals surface area (Å²) in [5.74, 6) is -0.253. The minimum Gasteiger partial charge on any atom is -0.497 e. The minimum absolute atomic E-state index is 0.198. The van der Waals surface area contributed by atoms with Crippen molar-refractivity contribution in [2.45, 2.75) is 6.54 Å². The topological polar surface area (TPSA) is 81.6 Å². The first-order valence-corrected chi connectivity index (χ1v) is 10.3. The smallest absolute Gasteiger partial charge is 0.338 e. The lowest BCUT2D eigenvalue weighted by Gasteiger charge is -2.20. The number of amides is 1. The highest BCUT2D eigenvalue weighted by Crippen LogP contribution is 2.33. The van der Waals surface area contributed by atoms with E-state index in [1.165, 1.54) is 23.3 Å². The van der Waals surface area contributed by atoms with Crippen LogP contribution in [0.5, 0.6) is 5.75 Å². The number of hydrogen-bond acceptors (Lipinski definition) is 7.